The molecule has 0 aromatic carbocycles. The van der Waals surface area contributed by atoms with Crippen LogP contribution in [0.15, 0.2) is 11.4 Å². The summed E-state index contributed by atoms with van der Waals surface area (Å²) in [5.74, 6) is 2.62. The number of rotatable bonds is 13. The fraction of sp³-hybridized carbons (Fsp3) is 0.714. The van der Waals surface area contributed by atoms with Crippen LogP contribution in [0.1, 0.15) is 51.9 Å². The quantitative estimate of drug-likeness (QED) is 0.283. The first-order chi connectivity index (χ1) is 14.7. The number of ether oxygens (including phenoxy) is 1. The monoisotopic (exact) mass is 434 g/mol. The predicted octanol–water partition coefficient (Wildman–Crippen LogP) is 3.47. The third-order valence-corrected chi connectivity index (χ3v) is 6.46. The first kappa shape index (κ1) is 22.8. The lowest BCUT2D eigenvalue weighted by atomic mass is 10.0. The van der Waals surface area contributed by atoms with Crippen LogP contribution in [0, 0.1) is 5.92 Å². The molecule has 30 heavy (non-hydrogen) atoms. The summed E-state index contributed by atoms with van der Waals surface area (Å²) < 4.78 is 6.98. The molecule has 0 unspecified atom stereocenters. The molecule has 1 fully saturated rings. The van der Waals surface area contributed by atoms with Crippen molar-refractivity contribution in [2.45, 2.75) is 63.6 Å². The van der Waals surface area contributed by atoms with Gasteiger partial charge in [0.1, 0.15) is 5.82 Å². The lowest BCUT2D eigenvalue weighted by Crippen LogP contribution is -2.27. The number of hydrogen-bond acceptors (Lipinski definition) is 7. The minimum atomic E-state index is 0.133. The van der Waals surface area contributed by atoms with Gasteiger partial charge in [-0.3, -0.25) is 4.79 Å². The average Bonchev–Trinajstić information content (AvgIpc) is 3.41. The molecule has 0 aliphatic heterocycles. The zero-order chi connectivity index (χ0) is 21.2. The molecule has 166 valence electrons. The number of methoxy groups -OCH3 is 1. The SMILES string of the molecule is CCCSc1nc(NCCOC)c2cnn(CCNC(=O)CCC3CCCC3)c2n1. The molecule has 3 rings (SSSR count). The van der Waals surface area contributed by atoms with Crippen molar-refractivity contribution in [3.63, 3.8) is 0 Å². The Bertz CT molecular complexity index is 806. The molecular weight excluding hydrogens is 400 g/mol. The highest BCUT2D eigenvalue weighted by Gasteiger charge is 2.16. The standard InChI is InChI=1S/C21H34N6O2S/c1-3-14-30-21-25-19(23-11-13-29-2)17-15-24-27(20(17)26-21)12-10-22-18(28)9-8-16-6-4-5-7-16/h15-16H,3-14H2,1-2H3,(H,22,28)(H,23,25,26). The Balaban J connectivity index is 1.60. The number of hydrogen-bond donors (Lipinski definition) is 2. The van der Waals surface area contributed by atoms with Crippen LogP contribution in [-0.2, 0) is 16.1 Å². The van der Waals surface area contributed by atoms with Gasteiger partial charge in [0.05, 0.1) is 24.7 Å². The van der Waals surface area contributed by atoms with E-state index < -0.39 is 0 Å². The average molecular weight is 435 g/mol. The largest absolute Gasteiger partial charge is 0.383 e. The van der Waals surface area contributed by atoms with Crippen LogP contribution >= 0.6 is 11.8 Å². The summed E-state index contributed by atoms with van der Waals surface area (Å²) in [6.45, 7) is 4.55. The summed E-state index contributed by atoms with van der Waals surface area (Å²) in [5, 5.41) is 12.5. The number of carbonyl (C=O) groups excluding carboxylic acids is 1. The van der Waals surface area contributed by atoms with Crippen molar-refractivity contribution in [2.24, 2.45) is 5.92 Å². The van der Waals surface area contributed by atoms with Gasteiger partial charge in [-0.25, -0.2) is 14.6 Å². The second-order valence-corrected chi connectivity index (χ2v) is 8.83. The van der Waals surface area contributed by atoms with Crippen molar-refractivity contribution >= 4 is 34.5 Å². The summed E-state index contributed by atoms with van der Waals surface area (Å²) in [6, 6.07) is 0. The number of anilines is 1. The highest BCUT2D eigenvalue weighted by atomic mass is 32.2. The van der Waals surface area contributed by atoms with Gasteiger partial charge in [-0.15, -0.1) is 0 Å². The fourth-order valence-corrected chi connectivity index (χ4v) is 4.48. The summed E-state index contributed by atoms with van der Waals surface area (Å²) in [4.78, 5) is 21.5. The van der Waals surface area contributed by atoms with Crippen LogP contribution in [-0.4, -0.2) is 58.2 Å². The summed E-state index contributed by atoms with van der Waals surface area (Å²) in [7, 11) is 1.68. The van der Waals surface area contributed by atoms with Crippen LogP contribution in [0.3, 0.4) is 0 Å². The minimum Gasteiger partial charge on any atom is -0.383 e. The van der Waals surface area contributed by atoms with Crippen molar-refractivity contribution in [3.05, 3.63) is 6.20 Å². The maximum absolute atomic E-state index is 12.2. The molecule has 1 aliphatic rings. The number of aromatic nitrogens is 4. The number of amides is 1. The topological polar surface area (TPSA) is 94.0 Å². The Kier molecular flexibility index (Phi) is 9.20. The van der Waals surface area contributed by atoms with Crippen molar-refractivity contribution in [1.29, 1.82) is 0 Å². The van der Waals surface area contributed by atoms with Gasteiger partial charge in [-0.2, -0.15) is 5.10 Å². The Hall–Kier alpha value is -1.87. The summed E-state index contributed by atoms with van der Waals surface area (Å²) in [6.07, 6.45) is 9.70. The van der Waals surface area contributed by atoms with Crippen LogP contribution in [0.2, 0.25) is 0 Å². The molecule has 0 atom stereocenters. The lowest BCUT2D eigenvalue weighted by molar-refractivity contribution is -0.121. The third-order valence-electron chi connectivity index (χ3n) is 5.41. The predicted molar refractivity (Wildman–Crippen MR) is 121 cm³/mol. The van der Waals surface area contributed by atoms with E-state index in [1.54, 1.807) is 25.1 Å². The maximum Gasteiger partial charge on any atom is 0.220 e. The van der Waals surface area contributed by atoms with E-state index >= 15 is 0 Å². The van der Waals surface area contributed by atoms with E-state index in [1.807, 2.05) is 4.68 Å². The smallest absolute Gasteiger partial charge is 0.220 e. The van der Waals surface area contributed by atoms with Gasteiger partial charge in [-0.1, -0.05) is 44.4 Å². The van der Waals surface area contributed by atoms with E-state index in [4.69, 9.17) is 9.72 Å². The molecule has 2 N–H and O–H groups in total. The second-order valence-electron chi connectivity index (χ2n) is 7.77. The van der Waals surface area contributed by atoms with Gasteiger partial charge in [0.2, 0.25) is 5.91 Å². The molecule has 0 bridgehead atoms. The molecule has 0 radical (unpaired) electrons. The minimum absolute atomic E-state index is 0.133. The van der Waals surface area contributed by atoms with Crippen molar-refractivity contribution in [1.82, 2.24) is 25.1 Å². The molecule has 0 spiro atoms. The third kappa shape index (κ3) is 6.57. The molecule has 0 saturated heterocycles. The maximum atomic E-state index is 12.2. The van der Waals surface area contributed by atoms with Crippen molar-refractivity contribution < 1.29 is 9.53 Å². The van der Waals surface area contributed by atoms with E-state index in [0.717, 1.165) is 46.5 Å². The van der Waals surface area contributed by atoms with Crippen molar-refractivity contribution in [3.8, 4) is 0 Å². The molecule has 1 saturated carbocycles. The van der Waals surface area contributed by atoms with Gasteiger partial charge in [0.25, 0.3) is 0 Å². The van der Waals surface area contributed by atoms with Crippen LogP contribution in [0.5, 0.6) is 0 Å². The highest BCUT2D eigenvalue weighted by Crippen LogP contribution is 2.28. The highest BCUT2D eigenvalue weighted by molar-refractivity contribution is 7.99. The number of nitrogens with zero attached hydrogens (tertiary/aromatic N) is 4. The van der Waals surface area contributed by atoms with Gasteiger partial charge in [0.15, 0.2) is 10.8 Å². The van der Waals surface area contributed by atoms with Crippen LogP contribution < -0.4 is 10.6 Å². The zero-order valence-corrected chi connectivity index (χ0v) is 19.0. The fourth-order valence-electron chi connectivity index (χ4n) is 3.79. The van der Waals surface area contributed by atoms with E-state index in [-0.39, 0.29) is 5.91 Å². The van der Waals surface area contributed by atoms with Gasteiger partial charge in [-0.05, 0) is 18.8 Å². The zero-order valence-electron chi connectivity index (χ0n) is 18.2. The van der Waals surface area contributed by atoms with Crippen LogP contribution in [0.4, 0.5) is 5.82 Å². The Morgan fingerprint density at radius 1 is 1.30 bits per heavy atom. The Morgan fingerprint density at radius 3 is 2.90 bits per heavy atom. The molecule has 2 heterocycles. The molecule has 8 nitrogen and oxygen atoms in total. The lowest BCUT2D eigenvalue weighted by Gasteiger charge is -2.10. The van der Waals surface area contributed by atoms with E-state index in [1.165, 1.54) is 25.7 Å². The molecule has 2 aromatic heterocycles. The van der Waals surface area contributed by atoms with Crippen molar-refractivity contribution in [2.75, 3.05) is 37.9 Å². The molecule has 9 heteroatoms. The summed E-state index contributed by atoms with van der Waals surface area (Å²) >= 11 is 1.64. The normalized spacial score (nSPS) is 14.5. The van der Waals surface area contributed by atoms with E-state index in [9.17, 15) is 4.79 Å². The molecule has 2 aromatic rings. The molecular formula is C21H34N6O2S. The van der Waals surface area contributed by atoms with Gasteiger partial charge >= 0.3 is 0 Å². The number of nitrogens with one attached hydrogen (secondary N) is 2. The Morgan fingerprint density at radius 2 is 2.13 bits per heavy atom. The number of carbonyl (C=O) groups is 1. The molecule has 1 aliphatic carbocycles. The molecule has 1 amide bonds. The second kappa shape index (κ2) is 12.1. The number of thioether (sulfide) groups is 1. The first-order valence-corrected chi connectivity index (χ1v) is 12.1. The summed E-state index contributed by atoms with van der Waals surface area (Å²) in [5.41, 5.74) is 0.795. The van der Waals surface area contributed by atoms with Gasteiger partial charge in [0, 0.05) is 32.4 Å². The Labute approximate surface area is 182 Å². The van der Waals surface area contributed by atoms with E-state index in [0.29, 0.717) is 32.7 Å². The van der Waals surface area contributed by atoms with Crippen LogP contribution in [0.25, 0.3) is 11.0 Å². The number of fused-ring (bicyclic) bond motifs is 1. The first-order valence-electron chi connectivity index (χ1n) is 11.1. The van der Waals surface area contributed by atoms with E-state index in [2.05, 4.69) is 27.6 Å². The van der Waals surface area contributed by atoms with Gasteiger partial charge < -0.3 is 15.4 Å².